The SMILES string of the molecule is COc1cc(N)ccc1S(=O)(=O)N[Si](c1ccccc1)(c1ccccc1)C(C)(C)C. The number of sulfonamides is 1. The van der Waals surface area contributed by atoms with Crippen molar-refractivity contribution in [1.82, 2.24) is 4.39 Å². The van der Waals surface area contributed by atoms with Gasteiger partial charge in [0.15, 0.2) is 0 Å². The smallest absolute Gasteiger partial charge is 0.238 e. The van der Waals surface area contributed by atoms with Crippen molar-refractivity contribution in [3.8, 4) is 5.75 Å². The molecule has 3 aromatic carbocycles. The fraction of sp³-hybridized carbons (Fsp3) is 0.217. The van der Waals surface area contributed by atoms with Gasteiger partial charge in [-0.15, -0.1) is 0 Å². The maximum atomic E-state index is 13.7. The number of hydrogen-bond acceptors (Lipinski definition) is 4. The summed E-state index contributed by atoms with van der Waals surface area (Å²) in [6, 6.07) is 24.3. The molecular weight excluding hydrogens is 412 g/mol. The summed E-state index contributed by atoms with van der Waals surface area (Å²) in [4.78, 5) is 0.0761. The van der Waals surface area contributed by atoms with Crippen LogP contribution in [0.4, 0.5) is 5.69 Å². The van der Waals surface area contributed by atoms with Crippen molar-refractivity contribution in [2.75, 3.05) is 12.8 Å². The van der Waals surface area contributed by atoms with Gasteiger partial charge >= 0.3 is 0 Å². The van der Waals surface area contributed by atoms with E-state index in [2.05, 4.69) is 25.2 Å². The van der Waals surface area contributed by atoms with Crippen LogP contribution in [0.15, 0.2) is 83.8 Å². The van der Waals surface area contributed by atoms with Gasteiger partial charge in [-0.05, 0) is 27.5 Å². The summed E-state index contributed by atoms with van der Waals surface area (Å²) in [5.74, 6) is 0.223. The molecule has 0 aliphatic carbocycles. The molecule has 0 saturated carbocycles. The predicted molar refractivity (Wildman–Crippen MR) is 125 cm³/mol. The van der Waals surface area contributed by atoms with Gasteiger partial charge in [0.2, 0.25) is 18.3 Å². The van der Waals surface area contributed by atoms with Crippen LogP contribution < -0.4 is 25.2 Å². The molecule has 0 unspecified atom stereocenters. The molecule has 0 aliphatic heterocycles. The van der Waals surface area contributed by atoms with Gasteiger partial charge < -0.3 is 10.5 Å². The minimum absolute atomic E-state index is 0.0761. The number of nitrogen functional groups attached to an aromatic ring is 1. The molecular formula is C23H28N2O3SSi. The lowest BCUT2D eigenvalue weighted by Crippen LogP contribution is -2.74. The van der Waals surface area contributed by atoms with Gasteiger partial charge in [-0.25, -0.2) is 12.8 Å². The number of nitrogens with two attached hydrogens (primary N) is 1. The lowest BCUT2D eigenvalue weighted by atomic mass is 10.2. The first-order chi connectivity index (χ1) is 14.1. The summed E-state index contributed by atoms with van der Waals surface area (Å²) >= 11 is 0. The van der Waals surface area contributed by atoms with Crippen molar-refractivity contribution in [2.24, 2.45) is 0 Å². The lowest BCUT2D eigenvalue weighted by Gasteiger charge is -2.43. The second kappa shape index (κ2) is 8.26. The molecule has 3 N–H and O–H groups in total. The minimum atomic E-state index is -3.93. The van der Waals surface area contributed by atoms with Crippen molar-refractivity contribution >= 4 is 34.3 Å². The van der Waals surface area contributed by atoms with E-state index in [1.165, 1.54) is 19.2 Å². The van der Waals surface area contributed by atoms with E-state index in [-0.39, 0.29) is 15.7 Å². The van der Waals surface area contributed by atoms with E-state index in [4.69, 9.17) is 10.5 Å². The maximum Gasteiger partial charge on any atom is 0.238 e. The number of methoxy groups -OCH3 is 1. The van der Waals surface area contributed by atoms with Crippen LogP contribution in [0.1, 0.15) is 20.8 Å². The molecule has 0 heterocycles. The fourth-order valence-corrected chi connectivity index (χ4v) is 12.2. The summed E-state index contributed by atoms with van der Waals surface area (Å²) in [6.45, 7) is 6.26. The molecule has 3 aromatic rings. The number of rotatable bonds is 6. The second-order valence-corrected chi connectivity index (χ2v) is 14.7. The van der Waals surface area contributed by atoms with Gasteiger partial charge in [0.05, 0.1) is 7.11 Å². The number of ether oxygens (including phenoxy) is 1. The molecule has 0 atom stereocenters. The Morgan fingerprint density at radius 2 is 1.37 bits per heavy atom. The molecule has 30 heavy (non-hydrogen) atoms. The normalized spacial score (nSPS) is 12.5. The van der Waals surface area contributed by atoms with Gasteiger partial charge in [-0.3, -0.25) is 0 Å². The van der Waals surface area contributed by atoms with Crippen LogP contribution in [0, 0.1) is 0 Å². The Bertz CT molecular complexity index is 1070. The average Bonchev–Trinajstić information content (AvgIpc) is 2.72. The van der Waals surface area contributed by atoms with Crippen LogP contribution in [0.2, 0.25) is 5.04 Å². The number of nitrogens with one attached hydrogen (secondary N) is 1. The Labute approximate surface area is 180 Å². The zero-order valence-electron chi connectivity index (χ0n) is 17.7. The Morgan fingerprint density at radius 1 is 0.867 bits per heavy atom. The van der Waals surface area contributed by atoms with E-state index in [9.17, 15) is 8.42 Å². The second-order valence-electron chi connectivity index (χ2n) is 8.25. The molecule has 0 amide bonds. The third-order valence-corrected chi connectivity index (χ3v) is 13.2. The quantitative estimate of drug-likeness (QED) is 0.456. The molecule has 0 radical (unpaired) electrons. The topological polar surface area (TPSA) is 81.4 Å². The first-order valence-corrected chi connectivity index (χ1v) is 13.2. The highest BCUT2D eigenvalue weighted by molar-refractivity contribution is 7.91. The van der Waals surface area contributed by atoms with E-state index in [1.54, 1.807) is 6.07 Å². The zero-order valence-corrected chi connectivity index (χ0v) is 19.5. The third kappa shape index (κ3) is 4.01. The number of hydrogen-bond donors (Lipinski definition) is 2. The Kier molecular flexibility index (Phi) is 6.08. The Morgan fingerprint density at radius 3 is 1.80 bits per heavy atom. The lowest BCUT2D eigenvalue weighted by molar-refractivity contribution is 0.403. The molecule has 0 fully saturated rings. The minimum Gasteiger partial charge on any atom is -0.495 e. The predicted octanol–water partition coefficient (Wildman–Crippen LogP) is 3.12. The molecule has 0 bridgehead atoms. The maximum absolute atomic E-state index is 13.7. The van der Waals surface area contributed by atoms with Crippen molar-refractivity contribution in [3.05, 3.63) is 78.9 Å². The number of anilines is 1. The van der Waals surface area contributed by atoms with Gasteiger partial charge in [0.25, 0.3) is 0 Å². The number of benzene rings is 3. The molecule has 0 aliphatic rings. The molecule has 7 heteroatoms. The van der Waals surface area contributed by atoms with Crippen LogP contribution in [0.5, 0.6) is 5.75 Å². The van der Waals surface area contributed by atoms with E-state index in [1.807, 2.05) is 60.7 Å². The molecule has 5 nitrogen and oxygen atoms in total. The van der Waals surface area contributed by atoms with Gasteiger partial charge in [0.1, 0.15) is 10.6 Å². The zero-order chi connectivity index (χ0) is 22.0. The largest absolute Gasteiger partial charge is 0.495 e. The van der Waals surface area contributed by atoms with Crippen LogP contribution in [0.3, 0.4) is 0 Å². The van der Waals surface area contributed by atoms with Crippen molar-refractivity contribution in [2.45, 2.75) is 30.7 Å². The summed E-state index contributed by atoms with van der Waals surface area (Å²) in [5, 5.41) is 1.60. The average molecular weight is 441 g/mol. The first-order valence-electron chi connectivity index (χ1n) is 9.70. The van der Waals surface area contributed by atoms with Crippen LogP contribution in [-0.2, 0) is 10.0 Å². The third-order valence-electron chi connectivity index (χ3n) is 5.30. The molecule has 0 aromatic heterocycles. The van der Waals surface area contributed by atoms with Gasteiger partial charge in [0, 0.05) is 11.8 Å². The highest BCUT2D eigenvalue weighted by atomic mass is 32.2. The van der Waals surface area contributed by atoms with Crippen molar-refractivity contribution < 1.29 is 13.2 Å². The van der Waals surface area contributed by atoms with E-state index in [0.29, 0.717) is 5.69 Å². The van der Waals surface area contributed by atoms with Crippen LogP contribution >= 0.6 is 0 Å². The molecule has 158 valence electrons. The summed E-state index contributed by atoms with van der Waals surface area (Å²) in [6.07, 6.45) is 0. The highest BCUT2D eigenvalue weighted by Crippen LogP contribution is 2.36. The monoisotopic (exact) mass is 440 g/mol. The van der Waals surface area contributed by atoms with Crippen LogP contribution in [-0.4, -0.2) is 23.8 Å². The van der Waals surface area contributed by atoms with Crippen molar-refractivity contribution in [1.29, 1.82) is 0 Å². The first kappa shape index (κ1) is 22.1. The summed E-state index contributed by atoms with van der Waals surface area (Å²) in [5.41, 5.74) is 6.28. The standard InChI is InChI=1S/C23H28N2O3SSi/c1-23(2,3)30(19-11-7-5-8-12-19,20-13-9-6-10-14-20)25-29(26,27)22-16-15-18(24)17-21(22)28-4/h5-17,25H,24H2,1-4H3. The van der Waals surface area contributed by atoms with E-state index >= 15 is 0 Å². The van der Waals surface area contributed by atoms with Gasteiger partial charge in [-0.2, -0.15) is 0 Å². The Balaban J connectivity index is 2.29. The Hall–Kier alpha value is -2.61. The van der Waals surface area contributed by atoms with E-state index in [0.717, 1.165) is 10.4 Å². The molecule has 3 rings (SSSR count). The van der Waals surface area contributed by atoms with E-state index < -0.39 is 18.3 Å². The fourth-order valence-electron chi connectivity index (χ4n) is 3.84. The van der Waals surface area contributed by atoms with Crippen LogP contribution in [0.25, 0.3) is 0 Å². The summed E-state index contributed by atoms with van der Waals surface area (Å²) in [7, 11) is -5.53. The molecule has 0 saturated heterocycles. The van der Waals surface area contributed by atoms with Crippen molar-refractivity contribution in [3.63, 3.8) is 0 Å². The summed E-state index contributed by atoms with van der Waals surface area (Å²) < 4.78 is 36.0. The highest BCUT2D eigenvalue weighted by Gasteiger charge is 2.51. The molecule has 0 spiro atoms. The van der Waals surface area contributed by atoms with Gasteiger partial charge in [-0.1, -0.05) is 81.4 Å².